The van der Waals surface area contributed by atoms with E-state index in [1.165, 1.54) is 127 Å². The summed E-state index contributed by atoms with van der Waals surface area (Å²) >= 11 is 0. The van der Waals surface area contributed by atoms with E-state index in [1.54, 1.807) is 0 Å². The molecule has 28 heavy (non-hydrogen) atoms. The van der Waals surface area contributed by atoms with Crippen LogP contribution < -0.4 is 0 Å². The number of rotatable bonds is 0. The lowest BCUT2D eigenvalue weighted by Gasteiger charge is -2.31. The van der Waals surface area contributed by atoms with E-state index in [-0.39, 0.29) is 0 Å². The van der Waals surface area contributed by atoms with Gasteiger partial charge in [-0.05, 0) is 78.0 Å². The van der Waals surface area contributed by atoms with Crippen LogP contribution in [0.3, 0.4) is 0 Å². The Morgan fingerprint density at radius 3 is 0.714 bits per heavy atom. The van der Waals surface area contributed by atoms with Crippen molar-refractivity contribution in [3.63, 3.8) is 0 Å². The highest BCUT2D eigenvalue weighted by Gasteiger charge is 2.15. The second-order valence-electron chi connectivity index (χ2n) is 8.07. The zero-order chi connectivity index (χ0) is 19.3. The van der Waals surface area contributed by atoms with Gasteiger partial charge in [-0.25, -0.2) is 0 Å². The summed E-state index contributed by atoms with van der Waals surface area (Å²) in [5.41, 5.74) is 0. The standard InChI is InChI=1S/C20H40N4S4/c1-5-21-7-2-8-22(6-1)14-18-26-28-20-16-24-10-3-9-23(11-4-12-24)15-19-27-25-17-13-21/h1-20H2. The Kier molecular flexibility index (Phi) is 12.9. The highest BCUT2D eigenvalue weighted by molar-refractivity contribution is 8.77. The number of hydrogen-bond acceptors (Lipinski definition) is 8. The molecule has 6 fully saturated rings. The number of nitrogens with zero attached hydrogens (tertiary/aromatic N) is 4. The Labute approximate surface area is 189 Å². The van der Waals surface area contributed by atoms with Crippen molar-refractivity contribution in [2.75, 3.05) is 102 Å². The molecule has 0 radical (unpaired) electrons. The molecule has 6 aliphatic heterocycles. The topological polar surface area (TPSA) is 13.0 Å². The maximum Gasteiger partial charge on any atom is 0.0165 e. The quantitative estimate of drug-likeness (QED) is 0.498. The third-order valence-electron chi connectivity index (χ3n) is 5.92. The fourth-order valence-corrected chi connectivity index (χ4v) is 8.43. The van der Waals surface area contributed by atoms with Crippen LogP contribution in [0.5, 0.6) is 0 Å². The van der Waals surface area contributed by atoms with Crippen LogP contribution in [-0.4, -0.2) is 121 Å². The molecule has 6 heterocycles. The van der Waals surface area contributed by atoms with Gasteiger partial charge < -0.3 is 19.6 Å². The van der Waals surface area contributed by atoms with E-state index < -0.39 is 0 Å². The Bertz CT molecular complexity index is 316. The van der Waals surface area contributed by atoms with E-state index in [2.05, 4.69) is 62.8 Å². The summed E-state index contributed by atoms with van der Waals surface area (Å²) in [5, 5.41) is 0. The van der Waals surface area contributed by atoms with E-state index >= 15 is 0 Å². The molecule has 0 aliphatic carbocycles. The minimum absolute atomic E-state index is 1.28. The van der Waals surface area contributed by atoms with E-state index in [4.69, 9.17) is 0 Å². The minimum Gasteiger partial charge on any atom is -0.302 e. The largest absolute Gasteiger partial charge is 0.302 e. The molecule has 0 aromatic carbocycles. The Hall–Kier alpha value is 1.24. The molecular formula is C20H40N4S4. The summed E-state index contributed by atoms with van der Waals surface area (Å²) in [4.78, 5) is 10.9. The monoisotopic (exact) mass is 464 g/mol. The second kappa shape index (κ2) is 15.1. The first-order chi connectivity index (χ1) is 13.9. The zero-order valence-electron chi connectivity index (χ0n) is 17.6. The first kappa shape index (κ1) is 23.9. The Morgan fingerprint density at radius 1 is 0.286 bits per heavy atom. The SMILES string of the molecule is C1CN2CCCN(C1)CCSSCCN1CCCN(CCC1)CCSSCC2. The van der Waals surface area contributed by atoms with Crippen molar-refractivity contribution in [1.29, 1.82) is 0 Å². The lowest BCUT2D eigenvalue weighted by molar-refractivity contribution is 0.194. The van der Waals surface area contributed by atoms with E-state index in [0.717, 1.165) is 0 Å². The van der Waals surface area contributed by atoms with Crippen molar-refractivity contribution in [3.8, 4) is 0 Å². The summed E-state index contributed by atoms with van der Waals surface area (Å²) in [7, 11) is 8.42. The fraction of sp³-hybridized carbons (Fsp3) is 1.00. The van der Waals surface area contributed by atoms with Crippen LogP contribution in [0, 0.1) is 0 Å². The molecule has 0 unspecified atom stereocenters. The van der Waals surface area contributed by atoms with E-state index in [0.29, 0.717) is 0 Å². The molecule has 6 rings (SSSR count). The molecule has 0 spiro atoms. The predicted octanol–water partition coefficient (Wildman–Crippen LogP) is 3.56. The van der Waals surface area contributed by atoms with Crippen LogP contribution in [-0.2, 0) is 0 Å². The van der Waals surface area contributed by atoms with Gasteiger partial charge in [0.25, 0.3) is 0 Å². The lowest BCUT2D eigenvalue weighted by Crippen LogP contribution is -2.38. The second-order valence-corrected chi connectivity index (χ2v) is 13.5. The van der Waals surface area contributed by atoms with Gasteiger partial charge in [-0.3, -0.25) is 0 Å². The molecule has 8 heteroatoms. The average molecular weight is 465 g/mol. The molecule has 0 aromatic heterocycles. The van der Waals surface area contributed by atoms with Gasteiger partial charge in [0.05, 0.1) is 0 Å². The van der Waals surface area contributed by atoms with Crippen LogP contribution in [0.25, 0.3) is 0 Å². The van der Waals surface area contributed by atoms with Crippen LogP contribution in [0.15, 0.2) is 0 Å². The average Bonchev–Trinajstić information content (AvgIpc) is 2.65. The summed E-state index contributed by atoms with van der Waals surface area (Å²) in [6.45, 7) is 15.5. The van der Waals surface area contributed by atoms with Gasteiger partial charge in [0.2, 0.25) is 0 Å². The van der Waals surface area contributed by atoms with Crippen LogP contribution >= 0.6 is 43.2 Å². The van der Waals surface area contributed by atoms with Crippen molar-refractivity contribution in [2.45, 2.75) is 25.7 Å². The summed E-state index contributed by atoms with van der Waals surface area (Å²) in [5.74, 6) is 5.16. The molecule has 4 nitrogen and oxygen atoms in total. The predicted molar refractivity (Wildman–Crippen MR) is 134 cm³/mol. The molecule has 6 saturated heterocycles. The van der Waals surface area contributed by atoms with Gasteiger partial charge in [0.15, 0.2) is 0 Å². The summed E-state index contributed by atoms with van der Waals surface area (Å²) < 4.78 is 0. The van der Waals surface area contributed by atoms with E-state index in [9.17, 15) is 0 Å². The Morgan fingerprint density at radius 2 is 0.500 bits per heavy atom. The van der Waals surface area contributed by atoms with Crippen LogP contribution in [0.4, 0.5) is 0 Å². The minimum atomic E-state index is 1.28. The van der Waals surface area contributed by atoms with Gasteiger partial charge in [-0.2, -0.15) is 0 Å². The van der Waals surface area contributed by atoms with Gasteiger partial charge in [0, 0.05) is 49.2 Å². The van der Waals surface area contributed by atoms with E-state index in [1.807, 2.05) is 0 Å². The molecule has 0 aromatic rings. The molecule has 0 saturated carbocycles. The summed E-state index contributed by atoms with van der Waals surface area (Å²) in [6, 6.07) is 0. The highest BCUT2D eigenvalue weighted by Crippen LogP contribution is 2.23. The summed E-state index contributed by atoms with van der Waals surface area (Å²) in [6.07, 6.45) is 5.39. The molecule has 0 amide bonds. The van der Waals surface area contributed by atoms with Crippen molar-refractivity contribution < 1.29 is 0 Å². The molecule has 0 N–H and O–H groups in total. The first-order valence-electron chi connectivity index (χ1n) is 11.3. The van der Waals surface area contributed by atoms with Crippen molar-refractivity contribution in [3.05, 3.63) is 0 Å². The smallest absolute Gasteiger partial charge is 0.0165 e. The Balaban J connectivity index is 1.44. The third kappa shape index (κ3) is 10.0. The maximum atomic E-state index is 2.71. The fourth-order valence-electron chi connectivity index (χ4n) is 4.31. The van der Waals surface area contributed by atoms with Gasteiger partial charge in [-0.1, -0.05) is 43.2 Å². The van der Waals surface area contributed by atoms with Crippen molar-refractivity contribution in [1.82, 2.24) is 19.6 Å². The lowest BCUT2D eigenvalue weighted by atomic mass is 10.2. The van der Waals surface area contributed by atoms with Crippen molar-refractivity contribution >= 4 is 43.2 Å². The van der Waals surface area contributed by atoms with Crippen LogP contribution in [0.1, 0.15) is 25.7 Å². The van der Waals surface area contributed by atoms with Crippen molar-refractivity contribution in [2.24, 2.45) is 0 Å². The number of hydrogen-bond donors (Lipinski definition) is 0. The normalized spacial score (nSPS) is 36.0. The molecule has 0 atom stereocenters. The third-order valence-corrected chi connectivity index (χ3v) is 10.7. The van der Waals surface area contributed by atoms with Gasteiger partial charge >= 0.3 is 0 Å². The first-order valence-corrected chi connectivity index (χ1v) is 16.3. The van der Waals surface area contributed by atoms with Gasteiger partial charge in [0.1, 0.15) is 0 Å². The van der Waals surface area contributed by atoms with Crippen LogP contribution in [0.2, 0.25) is 0 Å². The maximum absolute atomic E-state index is 2.71. The molecule has 4 bridgehead atoms. The van der Waals surface area contributed by atoms with Gasteiger partial charge in [-0.15, -0.1) is 0 Å². The molecular weight excluding hydrogens is 425 g/mol. The molecule has 164 valence electrons. The highest BCUT2D eigenvalue weighted by atomic mass is 33.1. The molecule has 6 aliphatic rings. The zero-order valence-corrected chi connectivity index (χ0v) is 20.8.